The summed E-state index contributed by atoms with van der Waals surface area (Å²) in [6.07, 6.45) is 5.34. The molecule has 1 aromatic carbocycles. The normalized spacial score (nSPS) is 9.46. The number of hydrogen-bond donors (Lipinski definition) is 1. The van der Waals surface area contributed by atoms with Crippen molar-refractivity contribution >= 4 is 0 Å². The first kappa shape index (κ1) is 11.9. The molecule has 0 radical (unpaired) electrons. The Kier molecular flexibility index (Phi) is 8.26. The molecule has 1 rings (SSSR count). The summed E-state index contributed by atoms with van der Waals surface area (Å²) >= 11 is 0. The van der Waals surface area contributed by atoms with Gasteiger partial charge in [0.25, 0.3) is 0 Å². The van der Waals surface area contributed by atoms with Gasteiger partial charge in [-0.1, -0.05) is 49.4 Å². The first-order valence-corrected chi connectivity index (χ1v) is 4.70. The molecule has 0 aliphatic carbocycles. The van der Waals surface area contributed by atoms with Crippen LogP contribution in [0.4, 0.5) is 0 Å². The first-order valence-electron chi connectivity index (χ1n) is 4.70. The van der Waals surface area contributed by atoms with Crippen molar-refractivity contribution in [1.29, 1.82) is 0 Å². The molecular formula is C12H19N. The van der Waals surface area contributed by atoms with E-state index in [1.165, 1.54) is 5.56 Å². The molecule has 0 aromatic heterocycles. The van der Waals surface area contributed by atoms with Crippen molar-refractivity contribution < 1.29 is 0 Å². The summed E-state index contributed by atoms with van der Waals surface area (Å²) in [6, 6.07) is 9.99. The molecule has 72 valence electrons. The second kappa shape index (κ2) is 9.01. The highest BCUT2D eigenvalue weighted by molar-refractivity contribution is 5.13. The fourth-order valence-electron chi connectivity index (χ4n) is 0.850. The van der Waals surface area contributed by atoms with Crippen molar-refractivity contribution in [2.45, 2.75) is 26.8 Å². The van der Waals surface area contributed by atoms with Gasteiger partial charge < -0.3 is 5.73 Å². The SMILES string of the molecule is C/C=C/CC.NCc1ccccc1. The second-order valence-electron chi connectivity index (χ2n) is 2.67. The molecule has 0 saturated heterocycles. The number of allylic oxidation sites excluding steroid dienone is 2. The molecule has 0 bridgehead atoms. The van der Waals surface area contributed by atoms with Gasteiger partial charge in [0.2, 0.25) is 0 Å². The fraction of sp³-hybridized carbons (Fsp3) is 0.333. The van der Waals surface area contributed by atoms with Gasteiger partial charge >= 0.3 is 0 Å². The van der Waals surface area contributed by atoms with Crippen LogP contribution in [0, 0.1) is 0 Å². The van der Waals surface area contributed by atoms with Crippen LogP contribution in [0.15, 0.2) is 42.5 Å². The van der Waals surface area contributed by atoms with Crippen LogP contribution < -0.4 is 5.73 Å². The maximum Gasteiger partial charge on any atom is 0.0178 e. The van der Waals surface area contributed by atoms with E-state index >= 15 is 0 Å². The van der Waals surface area contributed by atoms with Crippen LogP contribution in [-0.4, -0.2) is 0 Å². The lowest BCUT2D eigenvalue weighted by molar-refractivity contribution is 1.07. The van der Waals surface area contributed by atoms with Crippen molar-refractivity contribution in [1.82, 2.24) is 0 Å². The summed E-state index contributed by atoms with van der Waals surface area (Å²) in [5.74, 6) is 0. The largest absolute Gasteiger partial charge is 0.326 e. The van der Waals surface area contributed by atoms with Crippen LogP contribution in [0.5, 0.6) is 0 Å². The average Bonchev–Trinajstić information content (AvgIpc) is 2.21. The monoisotopic (exact) mass is 177 g/mol. The summed E-state index contributed by atoms with van der Waals surface area (Å²) in [7, 11) is 0. The minimum absolute atomic E-state index is 0.640. The number of hydrogen-bond acceptors (Lipinski definition) is 1. The molecule has 1 heteroatoms. The van der Waals surface area contributed by atoms with Crippen LogP contribution in [0.25, 0.3) is 0 Å². The van der Waals surface area contributed by atoms with Crippen molar-refractivity contribution in [2.24, 2.45) is 5.73 Å². The minimum atomic E-state index is 0.640. The summed E-state index contributed by atoms with van der Waals surface area (Å²) in [5.41, 5.74) is 6.54. The Hall–Kier alpha value is -1.08. The average molecular weight is 177 g/mol. The second-order valence-corrected chi connectivity index (χ2v) is 2.67. The van der Waals surface area contributed by atoms with Crippen LogP contribution in [-0.2, 0) is 6.54 Å². The van der Waals surface area contributed by atoms with E-state index in [0.717, 1.165) is 6.42 Å². The van der Waals surface area contributed by atoms with Gasteiger partial charge in [-0.05, 0) is 18.9 Å². The summed E-state index contributed by atoms with van der Waals surface area (Å²) in [6.45, 7) is 4.80. The highest BCUT2D eigenvalue weighted by Gasteiger charge is 1.80. The quantitative estimate of drug-likeness (QED) is 0.690. The Balaban J connectivity index is 0.000000252. The molecule has 13 heavy (non-hydrogen) atoms. The Morgan fingerprint density at radius 1 is 1.23 bits per heavy atom. The number of nitrogens with two attached hydrogens (primary N) is 1. The molecule has 1 nitrogen and oxygen atoms in total. The van der Waals surface area contributed by atoms with Crippen molar-refractivity contribution in [3.8, 4) is 0 Å². The maximum absolute atomic E-state index is 5.35. The van der Waals surface area contributed by atoms with Gasteiger partial charge in [-0.15, -0.1) is 0 Å². The predicted molar refractivity (Wildman–Crippen MR) is 59.4 cm³/mol. The molecule has 0 spiro atoms. The van der Waals surface area contributed by atoms with Crippen molar-refractivity contribution in [3.05, 3.63) is 48.0 Å². The van der Waals surface area contributed by atoms with E-state index < -0.39 is 0 Å². The molecular weight excluding hydrogens is 158 g/mol. The third kappa shape index (κ3) is 7.29. The van der Waals surface area contributed by atoms with E-state index in [-0.39, 0.29) is 0 Å². The van der Waals surface area contributed by atoms with E-state index in [1.807, 2.05) is 37.3 Å². The fourth-order valence-corrected chi connectivity index (χ4v) is 0.850. The lowest BCUT2D eigenvalue weighted by Gasteiger charge is -1.90. The maximum atomic E-state index is 5.35. The van der Waals surface area contributed by atoms with Crippen LogP contribution >= 0.6 is 0 Å². The number of benzene rings is 1. The predicted octanol–water partition coefficient (Wildman–Crippen LogP) is 3.12. The molecule has 0 aliphatic rings. The smallest absolute Gasteiger partial charge is 0.0178 e. The van der Waals surface area contributed by atoms with Crippen molar-refractivity contribution in [3.63, 3.8) is 0 Å². The molecule has 0 atom stereocenters. The summed E-state index contributed by atoms with van der Waals surface area (Å²) < 4.78 is 0. The zero-order valence-corrected chi connectivity index (χ0v) is 8.53. The van der Waals surface area contributed by atoms with Gasteiger partial charge in [0.15, 0.2) is 0 Å². The van der Waals surface area contributed by atoms with E-state index in [0.29, 0.717) is 6.54 Å². The molecule has 0 fully saturated rings. The van der Waals surface area contributed by atoms with Crippen LogP contribution in [0.3, 0.4) is 0 Å². The van der Waals surface area contributed by atoms with Gasteiger partial charge in [0.1, 0.15) is 0 Å². The summed E-state index contributed by atoms with van der Waals surface area (Å²) in [4.78, 5) is 0. The lowest BCUT2D eigenvalue weighted by atomic mass is 10.2. The Labute approximate surface area is 81.3 Å². The number of rotatable bonds is 2. The highest BCUT2D eigenvalue weighted by atomic mass is 14.5. The highest BCUT2D eigenvalue weighted by Crippen LogP contribution is 1.94. The summed E-state index contributed by atoms with van der Waals surface area (Å²) in [5, 5.41) is 0. The Morgan fingerprint density at radius 2 is 1.85 bits per heavy atom. The third-order valence-electron chi connectivity index (χ3n) is 1.55. The zero-order valence-electron chi connectivity index (χ0n) is 8.53. The molecule has 0 aliphatic heterocycles. The van der Waals surface area contributed by atoms with E-state index in [1.54, 1.807) is 0 Å². The van der Waals surface area contributed by atoms with E-state index in [2.05, 4.69) is 19.1 Å². The van der Waals surface area contributed by atoms with Gasteiger partial charge in [-0.2, -0.15) is 0 Å². The van der Waals surface area contributed by atoms with Gasteiger partial charge in [-0.3, -0.25) is 0 Å². The molecule has 0 saturated carbocycles. The topological polar surface area (TPSA) is 26.0 Å². The molecule has 1 aromatic rings. The minimum Gasteiger partial charge on any atom is -0.326 e. The Bertz CT molecular complexity index is 214. The van der Waals surface area contributed by atoms with Gasteiger partial charge in [-0.25, -0.2) is 0 Å². The van der Waals surface area contributed by atoms with E-state index in [9.17, 15) is 0 Å². The van der Waals surface area contributed by atoms with Gasteiger partial charge in [0, 0.05) is 6.54 Å². The standard InChI is InChI=1S/C7H9N.C5H10/c8-6-7-4-2-1-3-5-7;1-3-5-4-2/h1-5H,6,8H2;3,5H,4H2,1-2H3/b;5-3+. The molecule has 0 heterocycles. The van der Waals surface area contributed by atoms with Crippen LogP contribution in [0.1, 0.15) is 25.8 Å². The molecule has 0 unspecified atom stereocenters. The molecule has 2 N–H and O–H groups in total. The van der Waals surface area contributed by atoms with E-state index in [4.69, 9.17) is 5.73 Å². The lowest BCUT2D eigenvalue weighted by Crippen LogP contribution is -1.94. The van der Waals surface area contributed by atoms with Crippen LogP contribution in [0.2, 0.25) is 0 Å². The zero-order chi connectivity index (χ0) is 9.94. The molecule has 0 amide bonds. The first-order chi connectivity index (χ1) is 6.35. The third-order valence-corrected chi connectivity index (χ3v) is 1.55. The van der Waals surface area contributed by atoms with Gasteiger partial charge in [0.05, 0.1) is 0 Å². The Morgan fingerprint density at radius 3 is 2.08 bits per heavy atom. The van der Waals surface area contributed by atoms with Crippen molar-refractivity contribution in [2.75, 3.05) is 0 Å².